The highest BCUT2D eigenvalue weighted by Crippen LogP contribution is 2.06. The van der Waals surface area contributed by atoms with E-state index in [0.29, 0.717) is 5.92 Å². The average molecular weight is 109 g/mol. The van der Waals surface area contributed by atoms with E-state index < -0.39 is 0 Å². The lowest BCUT2D eigenvalue weighted by molar-refractivity contribution is 0.672. The maximum absolute atomic E-state index is 3.88. The minimum Gasteiger partial charge on any atom is -0.103 e. The van der Waals surface area contributed by atoms with Crippen LogP contribution in [0.5, 0.6) is 0 Å². The Bertz CT molecular complexity index is 62.1. The summed E-state index contributed by atoms with van der Waals surface area (Å²) in [5.41, 5.74) is 0. The molecule has 0 rings (SSSR count). The fourth-order valence-electron chi connectivity index (χ4n) is 0.568. The molecule has 8 heavy (non-hydrogen) atoms. The monoisotopic (exact) mass is 109 g/mol. The van der Waals surface area contributed by atoms with Crippen molar-refractivity contribution in [3.05, 3.63) is 32.2 Å². The van der Waals surface area contributed by atoms with Gasteiger partial charge in [0.15, 0.2) is 0 Å². The molecule has 0 aliphatic heterocycles. The molecule has 0 fully saturated rings. The molecule has 0 spiro atoms. The van der Waals surface area contributed by atoms with Crippen LogP contribution in [0.3, 0.4) is 0 Å². The molecule has 0 nitrogen and oxygen atoms in total. The minimum atomic E-state index is 0.477. The van der Waals surface area contributed by atoms with Crippen LogP contribution in [0, 0.1) is 12.8 Å². The van der Waals surface area contributed by atoms with Crippen LogP contribution < -0.4 is 0 Å². The molecule has 0 heterocycles. The van der Waals surface area contributed by atoms with Gasteiger partial charge in [0.05, 0.1) is 0 Å². The Hall–Kier alpha value is -0.520. The van der Waals surface area contributed by atoms with Crippen LogP contribution in [0.4, 0.5) is 0 Å². The molecule has 0 aromatic heterocycles. The first-order chi connectivity index (χ1) is 3.81. The summed E-state index contributed by atoms with van der Waals surface area (Å²) in [6.45, 7) is 11.1. The summed E-state index contributed by atoms with van der Waals surface area (Å²) in [5, 5.41) is 0. The first-order valence-corrected chi connectivity index (χ1v) is 2.86. The zero-order chi connectivity index (χ0) is 6.41. The van der Waals surface area contributed by atoms with Crippen molar-refractivity contribution in [2.45, 2.75) is 12.8 Å². The maximum Gasteiger partial charge on any atom is -0.0322 e. The average Bonchev–Trinajstić information content (AvgIpc) is 1.68. The van der Waals surface area contributed by atoms with Gasteiger partial charge < -0.3 is 0 Å². The summed E-state index contributed by atoms with van der Waals surface area (Å²) < 4.78 is 0. The zero-order valence-corrected chi connectivity index (χ0v) is 5.27. The van der Waals surface area contributed by atoms with E-state index in [9.17, 15) is 0 Å². The molecular formula is C8H13. The van der Waals surface area contributed by atoms with Crippen molar-refractivity contribution >= 4 is 0 Å². The lowest BCUT2D eigenvalue weighted by Crippen LogP contribution is -1.88. The first-order valence-electron chi connectivity index (χ1n) is 2.86. The number of rotatable bonds is 4. The second kappa shape index (κ2) is 4.63. The Morgan fingerprint density at radius 3 is 1.75 bits per heavy atom. The van der Waals surface area contributed by atoms with Gasteiger partial charge in [0.25, 0.3) is 0 Å². The van der Waals surface area contributed by atoms with E-state index in [2.05, 4.69) is 20.1 Å². The Morgan fingerprint density at radius 2 is 1.50 bits per heavy atom. The molecule has 0 saturated heterocycles. The van der Waals surface area contributed by atoms with Crippen molar-refractivity contribution in [1.82, 2.24) is 0 Å². The Labute approximate surface area is 51.9 Å². The predicted octanol–water partition coefficient (Wildman–Crippen LogP) is 2.59. The standard InChI is InChI=1S/C8H13/c1-4-6-8(3)7-5-2/h4-5,8H,1-3,6-7H2. The number of allylic oxidation sites excluding steroid dienone is 2. The summed E-state index contributed by atoms with van der Waals surface area (Å²) in [7, 11) is 0. The third kappa shape index (κ3) is 3.66. The molecule has 0 N–H and O–H groups in total. The Kier molecular flexibility index (Phi) is 4.33. The van der Waals surface area contributed by atoms with Crippen LogP contribution in [-0.2, 0) is 0 Å². The zero-order valence-electron chi connectivity index (χ0n) is 5.27. The van der Waals surface area contributed by atoms with Crippen LogP contribution in [0.2, 0.25) is 0 Å². The predicted molar refractivity (Wildman–Crippen MR) is 38.5 cm³/mol. The van der Waals surface area contributed by atoms with Gasteiger partial charge in [-0.05, 0) is 25.7 Å². The molecule has 0 aliphatic rings. The molecule has 0 unspecified atom stereocenters. The van der Waals surface area contributed by atoms with Crippen LogP contribution in [0.15, 0.2) is 25.3 Å². The Balaban J connectivity index is 3.16. The van der Waals surface area contributed by atoms with Gasteiger partial charge in [-0.3, -0.25) is 0 Å². The van der Waals surface area contributed by atoms with E-state index in [4.69, 9.17) is 0 Å². The van der Waals surface area contributed by atoms with Crippen LogP contribution in [-0.4, -0.2) is 0 Å². The SMILES string of the molecule is [CH2]C(CC=C)CC=C. The van der Waals surface area contributed by atoms with Crippen molar-refractivity contribution in [1.29, 1.82) is 0 Å². The van der Waals surface area contributed by atoms with E-state index in [-0.39, 0.29) is 0 Å². The van der Waals surface area contributed by atoms with Crippen molar-refractivity contribution in [2.75, 3.05) is 0 Å². The lowest BCUT2D eigenvalue weighted by Gasteiger charge is -2.01. The van der Waals surface area contributed by atoms with Crippen LogP contribution in [0.1, 0.15) is 12.8 Å². The third-order valence-electron chi connectivity index (χ3n) is 1.000. The van der Waals surface area contributed by atoms with E-state index in [1.807, 2.05) is 12.2 Å². The topological polar surface area (TPSA) is 0 Å². The molecule has 0 heteroatoms. The maximum atomic E-state index is 3.88. The van der Waals surface area contributed by atoms with Crippen LogP contribution >= 0.6 is 0 Å². The molecule has 45 valence electrons. The third-order valence-corrected chi connectivity index (χ3v) is 1.000. The van der Waals surface area contributed by atoms with E-state index >= 15 is 0 Å². The fraction of sp³-hybridized carbons (Fsp3) is 0.375. The van der Waals surface area contributed by atoms with Crippen molar-refractivity contribution < 1.29 is 0 Å². The van der Waals surface area contributed by atoms with Gasteiger partial charge >= 0.3 is 0 Å². The minimum absolute atomic E-state index is 0.477. The lowest BCUT2D eigenvalue weighted by atomic mass is 10.0. The second-order valence-corrected chi connectivity index (χ2v) is 1.91. The number of hydrogen-bond donors (Lipinski definition) is 0. The second-order valence-electron chi connectivity index (χ2n) is 1.91. The fourth-order valence-corrected chi connectivity index (χ4v) is 0.568. The van der Waals surface area contributed by atoms with Gasteiger partial charge in [0.1, 0.15) is 0 Å². The summed E-state index contributed by atoms with van der Waals surface area (Å²) in [5.74, 6) is 0.477. The smallest absolute Gasteiger partial charge is 0.0322 e. The molecule has 0 aromatic rings. The summed E-state index contributed by atoms with van der Waals surface area (Å²) in [4.78, 5) is 0. The van der Waals surface area contributed by atoms with Gasteiger partial charge in [0, 0.05) is 0 Å². The largest absolute Gasteiger partial charge is 0.103 e. The molecule has 0 aromatic carbocycles. The summed E-state index contributed by atoms with van der Waals surface area (Å²) in [6, 6.07) is 0. The molecular weight excluding hydrogens is 96.1 g/mol. The van der Waals surface area contributed by atoms with E-state index in [0.717, 1.165) is 12.8 Å². The molecule has 0 saturated carbocycles. The molecule has 0 aliphatic carbocycles. The van der Waals surface area contributed by atoms with Gasteiger partial charge in [-0.15, -0.1) is 13.2 Å². The van der Waals surface area contributed by atoms with Gasteiger partial charge in [-0.25, -0.2) is 0 Å². The van der Waals surface area contributed by atoms with Crippen molar-refractivity contribution in [3.8, 4) is 0 Å². The van der Waals surface area contributed by atoms with Crippen molar-refractivity contribution in [2.24, 2.45) is 5.92 Å². The Morgan fingerprint density at radius 1 is 1.12 bits per heavy atom. The molecule has 0 amide bonds. The molecule has 1 radical (unpaired) electrons. The van der Waals surface area contributed by atoms with Gasteiger partial charge in [-0.2, -0.15) is 0 Å². The van der Waals surface area contributed by atoms with Gasteiger partial charge in [0.2, 0.25) is 0 Å². The van der Waals surface area contributed by atoms with E-state index in [1.165, 1.54) is 0 Å². The van der Waals surface area contributed by atoms with Crippen LogP contribution in [0.25, 0.3) is 0 Å². The number of hydrogen-bond acceptors (Lipinski definition) is 0. The highest BCUT2D eigenvalue weighted by Gasteiger charge is 1.92. The highest BCUT2D eigenvalue weighted by molar-refractivity contribution is 4.80. The summed E-state index contributed by atoms with van der Waals surface area (Å²) >= 11 is 0. The quantitative estimate of drug-likeness (QED) is 0.487. The highest BCUT2D eigenvalue weighted by atomic mass is 14.0. The first kappa shape index (κ1) is 7.48. The summed E-state index contributed by atoms with van der Waals surface area (Å²) in [6.07, 6.45) is 5.76. The van der Waals surface area contributed by atoms with Gasteiger partial charge in [-0.1, -0.05) is 12.2 Å². The van der Waals surface area contributed by atoms with Crippen molar-refractivity contribution in [3.63, 3.8) is 0 Å². The molecule has 0 bridgehead atoms. The normalized spacial score (nSPS) is 9.25. The van der Waals surface area contributed by atoms with E-state index in [1.54, 1.807) is 0 Å². The molecule has 0 atom stereocenters.